The summed E-state index contributed by atoms with van der Waals surface area (Å²) < 4.78 is 5.27. The molecule has 126 valence electrons. The van der Waals surface area contributed by atoms with E-state index in [0.29, 0.717) is 18.7 Å². The Morgan fingerprint density at radius 2 is 1.92 bits per heavy atom. The first-order valence-corrected chi connectivity index (χ1v) is 7.69. The van der Waals surface area contributed by atoms with E-state index in [1.807, 2.05) is 43.3 Å². The summed E-state index contributed by atoms with van der Waals surface area (Å²) >= 11 is 0. The minimum absolute atomic E-state index is 0.232. The summed E-state index contributed by atoms with van der Waals surface area (Å²) in [6.07, 6.45) is 2.27. The van der Waals surface area contributed by atoms with E-state index in [0.717, 1.165) is 16.8 Å². The monoisotopic (exact) mass is 327 g/mol. The summed E-state index contributed by atoms with van der Waals surface area (Å²) in [6, 6.07) is 11.3. The Bertz CT molecular complexity index is 702. The number of pyridine rings is 1. The van der Waals surface area contributed by atoms with Crippen LogP contribution in [0.15, 0.2) is 42.6 Å². The van der Waals surface area contributed by atoms with Crippen LogP contribution in [0.5, 0.6) is 5.75 Å². The van der Waals surface area contributed by atoms with Gasteiger partial charge in [-0.3, -0.25) is 14.6 Å². The maximum absolute atomic E-state index is 11.8. The van der Waals surface area contributed by atoms with Gasteiger partial charge in [-0.2, -0.15) is 0 Å². The molecule has 0 aliphatic heterocycles. The Labute approximate surface area is 141 Å². The maximum Gasteiger partial charge on any atom is 0.309 e. The molecule has 0 bridgehead atoms. The smallest absolute Gasteiger partial charge is 0.309 e. The molecule has 6 heteroatoms. The van der Waals surface area contributed by atoms with E-state index < -0.39 is 11.8 Å². The lowest BCUT2D eigenvalue weighted by Crippen LogP contribution is -2.40. The van der Waals surface area contributed by atoms with Crippen LogP contribution in [0.3, 0.4) is 0 Å². The number of amides is 2. The molecule has 6 nitrogen and oxygen atoms in total. The number of nitrogens with one attached hydrogen (secondary N) is 2. The lowest BCUT2D eigenvalue weighted by atomic mass is 10.1. The fourth-order valence-electron chi connectivity index (χ4n) is 2.18. The van der Waals surface area contributed by atoms with Crippen molar-refractivity contribution >= 4 is 11.8 Å². The molecule has 0 atom stereocenters. The van der Waals surface area contributed by atoms with Gasteiger partial charge in [-0.05, 0) is 30.7 Å². The standard InChI is InChI=1S/C18H21N3O3/c1-13-6-7-14(16(11-13)24-2)12-21-18(23)17(22)20-10-8-15-5-3-4-9-19-15/h3-7,9,11H,8,10,12H2,1-2H3,(H,20,22)(H,21,23). The summed E-state index contributed by atoms with van der Waals surface area (Å²) in [5.74, 6) is -0.637. The largest absolute Gasteiger partial charge is 0.496 e. The van der Waals surface area contributed by atoms with Crippen molar-refractivity contribution in [3.63, 3.8) is 0 Å². The number of aryl methyl sites for hydroxylation is 1. The number of aromatic nitrogens is 1. The first-order chi connectivity index (χ1) is 11.6. The van der Waals surface area contributed by atoms with Gasteiger partial charge in [-0.15, -0.1) is 0 Å². The quantitative estimate of drug-likeness (QED) is 0.786. The van der Waals surface area contributed by atoms with Gasteiger partial charge in [0.05, 0.1) is 7.11 Å². The van der Waals surface area contributed by atoms with Crippen LogP contribution in [0.2, 0.25) is 0 Å². The highest BCUT2D eigenvalue weighted by Gasteiger charge is 2.13. The van der Waals surface area contributed by atoms with Gasteiger partial charge < -0.3 is 15.4 Å². The number of benzene rings is 1. The van der Waals surface area contributed by atoms with Crippen LogP contribution in [-0.4, -0.2) is 30.5 Å². The molecule has 0 fully saturated rings. The second-order valence-electron chi connectivity index (χ2n) is 5.32. The zero-order valence-corrected chi connectivity index (χ0v) is 13.8. The molecule has 1 aromatic carbocycles. The third kappa shape index (κ3) is 5.08. The Morgan fingerprint density at radius 3 is 2.62 bits per heavy atom. The highest BCUT2D eigenvalue weighted by molar-refractivity contribution is 6.35. The van der Waals surface area contributed by atoms with Crippen molar-refractivity contribution in [1.82, 2.24) is 15.6 Å². The molecule has 0 aliphatic carbocycles. The van der Waals surface area contributed by atoms with Gasteiger partial charge in [0.25, 0.3) is 0 Å². The van der Waals surface area contributed by atoms with Gasteiger partial charge in [-0.25, -0.2) is 0 Å². The summed E-state index contributed by atoms with van der Waals surface area (Å²) in [4.78, 5) is 27.8. The molecule has 0 unspecified atom stereocenters. The van der Waals surface area contributed by atoms with Gasteiger partial charge in [-0.1, -0.05) is 18.2 Å². The topological polar surface area (TPSA) is 80.3 Å². The first-order valence-electron chi connectivity index (χ1n) is 7.69. The molecular formula is C18H21N3O3. The van der Waals surface area contributed by atoms with Gasteiger partial charge >= 0.3 is 11.8 Å². The number of carbonyl (C=O) groups is 2. The fourth-order valence-corrected chi connectivity index (χ4v) is 2.18. The predicted molar refractivity (Wildman–Crippen MR) is 90.5 cm³/mol. The third-order valence-corrected chi connectivity index (χ3v) is 3.48. The highest BCUT2D eigenvalue weighted by Crippen LogP contribution is 2.19. The van der Waals surface area contributed by atoms with Gasteiger partial charge in [0.1, 0.15) is 5.75 Å². The Balaban J connectivity index is 1.78. The molecule has 24 heavy (non-hydrogen) atoms. The highest BCUT2D eigenvalue weighted by atomic mass is 16.5. The second kappa shape index (κ2) is 8.67. The average molecular weight is 327 g/mol. The van der Waals surface area contributed by atoms with Crippen molar-refractivity contribution in [2.45, 2.75) is 19.9 Å². The number of methoxy groups -OCH3 is 1. The van der Waals surface area contributed by atoms with E-state index in [2.05, 4.69) is 15.6 Å². The van der Waals surface area contributed by atoms with Crippen molar-refractivity contribution in [3.8, 4) is 5.75 Å². The first kappa shape index (κ1) is 17.5. The maximum atomic E-state index is 11.8. The Hall–Kier alpha value is -2.89. The molecule has 0 radical (unpaired) electrons. The average Bonchev–Trinajstić information content (AvgIpc) is 2.61. The molecule has 2 amide bonds. The molecule has 0 spiro atoms. The normalized spacial score (nSPS) is 10.1. The van der Waals surface area contributed by atoms with E-state index in [-0.39, 0.29) is 6.54 Å². The van der Waals surface area contributed by atoms with Crippen LogP contribution in [0.25, 0.3) is 0 Å². The summed E-state index contributed by atoms with van der Waals surface area (Å²) in [6.45, 7) is 2.55. The minimum Gasteiger partial charge on any atom is -0.496 e. The van der Waals surface area contributed by atoms with Crippen molar-refractivity contribution < 1.29 is 14.3 Å². The lowest BCUT2D eigenvalue weighted by molar-refractivity contribution is -0.139. The molecule has 0 aliphatic rings. The van der Waals surface area contributed by atoms with E-state index in [4.69, 9.17) is 4.74 Å². The number of hydrogen-bond acceptors (Lipinski definition) is 4. The fraction of sp³-hybridized carbons (Fsp3) is 0.278. The van der Waals surface area contributed by atoms with Crippen LogP contribution in [-0.2, 0) is 22.6 Å². The van der Waals surface area contributed by atoms with Crippen molar-refractivity contribution in [2.75, 3.05) is 13.7 Å². The van der Waals surface area contributed by atoms with E-state index in [1.54, 1.807) is 13.3 Å². The molecular weight excluding hydrogens is 306 g/mol. The SMILES string of the molecule is COc1cc(C)ccc1CNC(=O)C(=O)NCCc1ccccn1. The van der Waals surface area contributed by atoms with Gasteiger partial charge in [0.15, 0.2) is 0 Å². The minimum atomic E-state index is -0.668. The van der Waals surface area contributed by atoms with Gasteiger partial charge in [0.2, 0.25) is 0 Å². The van der Waals surface area contributed by atoms with Crippen LogP contribution in [0.1, 0.15) is 16.8 Å². The predicted octanol–water partition coefficient (Wildman–Crippen LogP) is 1.37. The molecule has 1 heterocycles. The van der Waals surface area contributed by atoms with Crippen LogP contribution in [0, 0.1) is 6.92 Å². The molecule has 2 rings (SSSR count). The van der Waals surface area contributed by atoms with Crippen LogP contribution >= 0.6 is 0 Å². The van der Waals surface area contributed by atoms with Crippen LogP contribution in [0.4, 0.5) is 0 Å². The molecule has 2 N–H and O–H groups in total. The summed E-state index contributed by atoms with van der Waals surface area (Å²) in [5, 5.41) is 5.18. The van der Waals surface area contributed by atoms with Crippen LogP contribution < -0.4 is 15.4 Å². The Morgan fingerprint density at radius 1 is 1.12 bits per heavy atom. The number of rotatable bonds is 6. The molecule has 0 saturated carbocycles. The second-order valence-corrected chi connectivity index (χ2v) is 5.32. The van der Waals surface area contributed by atoms with Crippen molar-refractivity contribution in [3.05, 3.63) is 59.4 Å². The summed E-state index contributed by atoms with van der Waals surface area (Å²) in [7, 11) is 1.57. The molecule has 0 saturated heterocycles. The lowest BCUT2D eigenvalue weighted by Gasteiger charge is -2.10. The third-order valence-electron chi connectivity index (χ3n) is 3.48. The van der Waals surface area contributed by atoms with Crippen molar-refractivity contribution in [1.29, 1.82) is 0 Å². The molecule has 2 aromatic rings. The number of nitrogens with zero attached hydrogens (tertiary/aromatic N) is 1. The number of ether oxygens (including phenoxy) is 1. The number of hydrogen-bond donors (Lipinski definition) is 2. The van der Waals surface area contributed by atoms with Crippen molar-refractivity contribution in [2.24, 2.45) is 0 Å². The molecule has 1 aromatic heterocycles. The zero-order valence-electron chi connectivity index (χ0n) is 13.8. The van der Waals surface area contributed by atoms with Gasteiger partial charge in [0, 0.05) is 37.0 Å². The van der Waals surface area contributed by atoms with E-state index >= 15 is 0 Å². The number of carbonyl (C=O) groups excluding carboxylic acids is 2. The zero-order chi connectivity index (χ0) is 17.4. The summed E-state index contributed by atoms with van der Waals surface area (Å²) in [5.41, 5.74) is 2.74. The Kier molecular flexibility index (Phi) is 6.31. The van der Waals surface area contributed by atoms with E-state index in [1.165, 1.54) is 0 Å². The van der Waals surface area contributed by atoms with E-state index in [9.17, 15) is 9.59 Å².